The molecule has 1 unspecified atom stereocenters. The molecule has 1 rings (SSSR count). The van der Waals surface area contributed by atoms with E-state index in [1.54, 1.807) is 6.33 Å². The predicted octanol–water partition coefficient (Wildman–Crippen LogP) is 2.24. The molecule has 0 saturated carbocycles. The lowest BCUT2D eigenvalue weighted by Crippen LogP contribution is -2.25. The van der Waals surface area contributed by atoms with Crippen molar-refractivity contribution in [3.05, 3.63) is 12.2 Å². The lowest BCUT2D eigenvalue weighted by molar-refractivity contribution is 0.443. The van der Waals surface area contributed by atoms with Crippen molar-refractivity contribution in [3.8, 4) is 0 Å². The van der Waals surface area contributed by atoms with Crippen LogP contribution in [0.3, 0.4) is 0 Å². The number of aromatic nitrogens is 3. The van der Waals surface area contributed by atoms with E-state index in [0.717, 1.165) is 31.1 Å². The third kappa shape index (κ3) is 5.31. The molecule has 0 aliphatic carbocycles. The Hall–Kier alpha value is -0.900. The summed E-state index contributed by atoms with van der Waals surface area (Å²) in [7, 11) is 0. The van der Waals surface area contributed by atoms with Gasteiger partial charge in [0.25, 0.3) is 0 Å². The van der Waals surface area contributed by atoms with Crippen molar-refractivity contribution in [2.24, 2.45) is 17.6 Å². The Morgan fingerprint density at radius 1 is 1.18 bits per heavy atom. The highest BCUT2D eigenvalue weighted by molar-refractivity contribution is 4.89. The van der Waals surface area contributed by atoms with Crippen LogP contribution in [0.25, 0.3) is 0 Å². The molecule has 17 heavy (non-hydrogen) atoms. The maximum atomic E-state index is 6.13. The molecule has 0 amide bonds. The van der Waals surface area contributed by atoms with Gasteiger partial charge < -0.3 is 5.73 Å². The van der Waals surface area contributed by atoms with E-state index >= 15 is 0 Å². The molecule has 0 aliphatic heterocycles. The van der Waals surface area contributed by atoms with Crippen molar-refractivity contribution in [2.75, 3.05) is 0 Å². The average molecular weight is 238 g/mol. The fraction of sp³-hybridized carbons (Fsp3) is 0.846. The summed E-state index contributed by atoms with van der Waals surface area (Å²) in [6.45, 7) is 9.75. The van der Waals surface area contributed by atoms with E-state index in [9.17, 15) is 0 Å². The molecule has 1 heterocycles. The molecule has 0 aromatic carbocycles. The highest BCUT2D eigenvalue weighted by atomic mass is 15.3. The fourth-order valence-corrected chi connectivity index (χ4v) is 1.83. The van der Waals surface area contributed by atoms with Gasteiger partial charge in [-0.15, -0.1) is 0 Å². The molecule has 4 heteroatoms. The first kappa shape index (κ1) is 14.2. The van der Waals surface area contributed by atoms with Crippen LogP contribution < -0.4 is 5.73 Å². The number of rotatable bonds is 7. The summed E-state index contributed by atoms with van der Waals surface area (Å²) in [5.41, 5.74) is 6.13. The van der Waals surface area contributed by atoms with Crippen molar-refractivity contribution >= 4 is 0 Å². The number of hydrogen-bond acceptors (Lipinski definition) is 3. The molecule has 0 spiro atoms. The Morgan fingerprint density at radius 2 is 1.88 bits per heavy atom. The zero-order valence-electron chi connectivity index (χ0n) is 11.6. The molecule has 0 saturated heterocycles. The smallest absolute Gasteiger partial charge is 0.138 e. The van der Waals surface area contributed by atoms with Gasteiger partial charge in [0.1, 0.15) is 12.2 Å². The van der Waals surface area contributed by atoms with Gasteiger partial charge in [0.2, 0.25) is 0 Å². The Kier molecular flexibility index (Phi) is 5.62. The lowest BCUT2D eigenvalue weighted by Gasteiger charge is -2.14. The van der Waals surface area contributed by atoms with Gasteiger partial charge in [0, 0.05) is 19.0 Å². The second kappa shape index (κ2) is 6.74. The average Bonchev–Trinajstić information content (AvgIpc) is 2.62. The van der Waals surface area contributed by atoms with E-state index < -0.39 is 0 Å². The highest BCUT2D eigenvalue weighted by Gasteiger charge is 2.11. The topological polar surface area (TPSA) is 56.7 Å². The van der Waals surface area contributed by atoms with E-state index in [1.807, 2.05) is 4.68 Å². The predicted molar refractivity (Wildman–Crippen MR) is 70.6 cm³/mol. The minimum Gasteiger partial charge on any atom is -0.327 e. The largest absolute Gasteiger partial charge is 0.327 e. The van der Waals surface area contributed by atoms with Crippen LogP contribution in [0.2, 0.25) is 0 Å². The maximum absolute atomic E-state index is 6.13. The Bertz CT molecular complexity index is 317. The van der Waals surface area contributed by atoms with E-state index in [-0.39, 0.29) is 6.04 Å². The number of hydrogen-bond donors (Lipinski definition) is 1. The zero-order chi connectivity index (χ0) is 12.8. The molecule has 0 fully saturated rings. The number of nitrogens with two attached hydrogens (primary N) is 1. The quantitative estimate of drug-likeness (QED) is 0.792. The summed E-state index contributed by atoms with van der Waals surface area (Å²) >= 11 is 0. The van der Waals surface area contributed by atoms with Gasteiger partial charge in [0.15, 0.2) is 0 Å². The first-order chi connectivity index (χ1) is 7.99. The van der Waals surface area contributed by atoms with Gasteiger partial charge in [-0.25, -0.2) is 9.67 Å². The lowest BCUT2D eigenvalue weighted by atomic mass is 10.0. The summed E-state index contributed by atoms with van der Waals surface area (Å²) in [6.07, 6.45) is 4.71. The highest BCUT2D eigenvalue weighted by Crippen LogP contribution is 2.09. The summed E-state index contributed by atoms with van der Waals surface area (Å²) in [4.78, 5) is 4.31. The van der Waals surface area contributed by atoms with Crippen molar-refractivity contribution in [1.82, 2.24) is 14.8 Å². The van der Waals surface area contributed by atoms with Crippen LogP contribution in [0.15, 0.2) is 6.33 Å². The van der Waals surface area contributed by atoms with Crippen LogP contribution in [0, 0.1) is 11.8 Å². The standard InChI is InChI=1S/C13H26N4/c1-10(2)5-6-12(14)7-13-15-9-16-17(13)8-11(3)4/h9-12H,5-8,14H2,1-4H3. The molecule has 4 nitrogen and oxygen atoms in total. The third-order valence-electron chi connectivity index (χ3n) is 2.79. The molecule has 0 radical (unpaired) electrons. The van der Waals surface area contributed by atoms with Gasteiger partial charge in [-0.05, 0) is 24.7 Å². The van der Waals surface area contributed by atoms with Gasteiger partial charge in [-0.3, -0.25) is 0 Å². The fourth-order valence-electron chi connectivity index (χ4n) is 1.83. The van der Waals surface area contributed by atoms with Crippen LogP contribution in [0.1, 0.15) is 46.4 Å². The first-order valence-corrected chi connectivity index (χ1v) is 6.61. The molecule has 1 aromatic rings. The molecular formula is C13H26N4. The van der Waals surface area contributed by atoms with E-state index in [2.05, 4.69) is 37.8 Å². The maximum Gasteiger partial charge on any atom is 0.138 e. The molecule has 2 N–H and O–H groups in total. The van der Waals surface area contributed by atoms with E-state index in [4.69, 9.17) is 5.73 Å². The third-order valence-corrected chi connectivity index (χ3v) is 2.79. The SMILES string of the molecule is CC(C)CCC(N)Cc1ncnn1CC(C)C. The van der Waals surface area contributed by atoms with Gasteiger partial charge in [0.05, 0.1) is 0 Å². The van der Waals surface area contributed by atoms with Crippen molar-refractivity contribution in [2.45, 2.75) is 59.5 Å². The second-order valence-electron chi connectivity index (χ2n) is 5.69. The van der Waals surface area contributed by atoms with Crippen molar-refractivity contribution in [1.29, 1.82) is 0 Å². The minimum absolute atomic E-state index is 0.201. The molecule has 1 atom stereocenters. The van der Waals surface area contributed by atoms with Crippen molar-refractivity contribution < 1.29 is 0 Å². The van der Waals surface area contributed by atoms with Gasteiger partial charge in [-0.1, -0.05) is 27.7 Å². The second-order valence-corrected chi connectivity index (χ2v) is 5.69. The Morgan fingerprint density at radius 3 is 2.47 bits per heavy atom. The molecule has 0 aliphatic rings. The zero-order valence-corrected chi connectivity index (χ0v) is 11.6. The number of nitrogens with zero attached hydrogens (tertiary/aromatic N) is 3. The van der Waals surface area contributed by atoms with E-state index in [1.165, 1.54) is 6.42 Å². The van der Waals surface area contributed by atoms with Crippen molar-refractivity contribution in [3.63, 3.8) is 0 Å². The van der Waals surface area contributed by atoms with Crippen LogP contribution in [0.5, 0.6) is 0 Å². The summed E-state index contributed by atoms with van der Waals surface area (Å²) < 4.78 is 1.99. The van der Waals surface area contributed by atoms with Gasteiger partial charge >= 0.3 is 0 Å². The van der Waals surface area contributed by atoms with Crippen LogP contribution in [0.4, 0.5) is 0 Å². The Balaban J connectivity index is 2.47. The van der Waals surface area contributed by atoms with Crippen LogP contribution in [-0.4, -0.2) is 20.8 Å². The molecular weight excluding hydrogens is 212 g/mol. The van der Waals surface area contributed by atoms with Crippen LogP contribution in [-0.2, 0) is 13.0 Å². The molecule has 98 valence electrons. The van der Waals surface area contributed by atoms with Crippen LogP contribution >= 0.6 is 0 Å². The minimum atomic E-state index is 0.201. The summed E-state index contributed by atoms with van der Waals surface area (Å²) in [5.74, 6) is 2.33. The summed E-state index contributed by atoms with van der Waals surface area (Å²) in [5, 5.41) is 4.25. The first-order valence-electron chi connectivity index (χ1n) is 6.61. The normalized spacial score (nSPS) is 13.6. The van der Waals surface area contributed by atoms with E-state index in [0.29, 0.717) is 5.92 Å². The van der Waals surface area contributed by atoms with Gasteiger partial charge in [-0.2, -0.15) is 5.10 Å². The Labute approximate surface area is 105 Å². The molecule has 0 bridgehead atoms. The summed E-state index contributed by atoms with van der Waals surface area (Å²) in [6, 6.07) is 0.201. The monoisotopic (exact) mass is 238 g/mol. The molecule has 1 aromatic heterocycles.